The van der Waals surface area contributed by atoms with Crippen molar-refractivity contribution in [3.63, 3.8) is 0 Å². The highest BCUT2D eigenvalue weighted by Gasteiger charge is 2.22. The van der Waals surface area contributed by atoms with Gasteiger partial charge in [-0.15, -0.1) is 0 Å². The van der Waals surface area contributed by atoms with Crippen molar-refractivity contribution in [2.75, 3.05) is 37.6 Å². The van der Waals surface area contributed by atoms with Crippen LogP contribution >= 0.6 is 0 Å². The van der Waals surface area contributed by atoms with Crippen LogP contribution in [0.1, 0.15) is 18.9 Å². The molecule has 0 aliphatic carbocycles. The number of oxime groups is 1. The quantitative estimate of drug-likeness (QED) is 0.846. The molecule has 2 aliphatic rings. The van der Waals surface area contributed by atoms with Gasteiger partial charge in [-0.1, -0.05) is 22.9 Å². The van der Waals surface area contributed by atoms with Gasteiger partial charge in [-0.2, -0.15) is 0 Å². The van der Waals surface area contributed by atoms with Crippen LogP contribution in [0.4, 0.5) is 5.69 Å². The van der Waals surface area contributed by atoms with Crippen molar-refractivity contribution in [3.8, 4) is 0 Å². The van der Waals surface area contributed by atoms with Crippen LogP contribution in [0, 0.1) is 6.92 Å². The molecule has 0 aromatic heterocycles. The fourth-order valence-electron chi connectivity index (χ4n) is 2.84. The SMILES string of the molecule is Cc1ccc(N2CCN(CC3=NOC(C)C3)CC2)cc1. The summed E-state index contributed by atoms with van der Waals surface area (Å²) in [7, 11) is 0. The lowest BCUT2D eigenvalue weighted by Gasteiger charge is -2.36. The largest absolute Gasteiger partial charge is 0.392 e. The maximum absolute atomic E-state index is 5.26. The molecule has 0 amide bonds. The van der Waals surface area contributed by atoms with E-state index in [2.05, 4.69) is 53.1 Å². The lowest BCUT2D eigenvalue weighted by Crippen LogP contribution is -2.47. The number of benzene rings is 1. The molecular formula is C16H23N3O. The van der Waals surface area contributed by atoms with E-state index < -0.39 is 0 Å². The average Bonchev–Trinajstić information content (AvgIpc) is 2.86. The Kier molecular flexibility index (Phi) is 3.92. The van der Waals surface area contributed by atoms with Crippen molar-refractivity contribution in [3.05, 3.63) is 29.8 Å². The summed E-state index contributed by atoms with van der Waals surface area (Å²) >= 11 is 0. The molecule has 1 fully saturated rings. The molecule has 0 spiro atoms. The first kappa shape index (κ1) is 13.4. The third kappa shape index (κ3) is 3.12. The predicted octanol–water partition coefficient (Wildman–Crippen LogP) is 2.28. The molecule has 1 aromatic rings. The Balaban J connectivity index is 1.50. The first-order valence-corrected chi connectivity index (χ1v) is 7.46. The number of hydrogen-bond acceptors (Lipinski definition) is 4. The molecule has 0 saturated carbocycles. The van der Waals surface area contributed by atoms with Crippen LogP contribution in [0.2, 0.25) is 0 Å². The first-order chi connectivity index (χ1) is 9.70. The Morgan fingerprint density at radius 2 is 1.85 bits per heavy atom. The van der Waals surface area contributed by atoms with Gasteiger partial charge in [-0.3, -0.25) is 4.90 Å². The van der Waals surface area contributed by atoms with Gasteiger partial charge in [0.15, 0.2) is 0 Å². The lowest BCUT2D eigenvalue weighted by molar-refractivity contribution is 0.0994. The molecule has 0 N–H and O–H groups in total. The molecule has 108 valence electrons. The summed E-state index contributed by atoms with van der Waals surface area (Å²) in [6, 6.07) is 8.82. The molecule has 1 saturated heterocycles. The second kappa shape index (κ2) is 5.83. The van der Waals surface area contributed by atoms with E-state index in [1.54, 1.807) is 0 Å². The highest BCUT2D eigenvalue weighted by atomic mass is 16.6. The Labute approximate surface area is 121 Å². The number of anilines is 1. The third-order valence-corrected chi connectivity index (χ3v) is 4.06. The van der Waals surface area contributed by atoms with Crippen LogP contribution in [0.3, 0.4) is 0 Å². The van der Waals surface area contributed by atoms with Gasteiger partial charge in [0.05, 0.1) is 5.71 Å². The maximum atomic E-state index is 5.26. The number of nitrogens with zero attached hydrogens (tertiary/aromatic N) is 3. The highest BCUT2D eigenvalue weighted by Crippen LogP contribution is 2.18. The molecule has 4 heteroatoms. The van der Waals surface area contributed by atoms with E-state index in [1.165, 1.54) is 17.0 Å². The zero-order chi connectivity index (χ0) is 13.9. The van der Waals surface area contributed by atoms with Crippen LogP contribution in [0.25, 0.3) is 0 Å². The zero-order valence-corrected chi connectivity index (χ0v) is 12.4. The molecule has 0 bridgehead atoms. The number of aryl methyl sites for hydroxylation is 1. The summed E-state index contributed by atoms with van der Waals surface area (Å²) in [6.07, 6.45) is 1.25. The Morgan fingerprint density at radius 3 is 2.45 bits per heavy atom. The highest BCUT2D eigenvalue weighted by molar-refractivity contribution is 5.87. The molecule has 2 heterocycles. The van der Waals surface area contributed by atoms with E-state index in [4.69, 9.17) is 4.84 Å². The summed E-state index contributed by atoms with van der Waals surface area (Å²) in [5.74, 6) is 0. The van der Waals surface area contributed by atoms with Gasteiger partial charge in [0.25, 0.3) is 0 Å². The van der Waals surface area contributed by atoms with Crippen LogP contribution in [-0.2, 0) is 4.84 Å². The Morgan fingerprint density at radius 1 is 1.15 bits per heavy atom. The number of hydrogen-bond donors (Lipinski definition) is 0. The van der Waals surface area contributed by atoms with E-state index in [0.717, 1.165) is 39.1 Å². The van der Waals surface area contributed by atoms with Crippen molar-refractivity contribution < 1.29 is 4.84 Å². The lowest BCUT2D eigenvalue weighted by atomic mass is 10.1. The molecule has 1 unspecified atom stereocenters. The summed E-state index contributed by atoms with van der Waals surface area (Å²) in [4.78, 5) is 10.2. The van der Waals surface area contributed by atoms with Crippen LogP contribution in [0.15, 0.2) is 29.4 Å². The van der Waals surface area contributed by atoms with E-state index in [9.17, 15) is 0 Å². The fraction of sp³-hybridized carbons (Fsp3) is 0.562. The Hall–Kier alpha value is -1.55. The minimum atomic E-state index is 0.263. The minimum Gasteiger partial charge on any atom is -0.392 e. The molecule has 1 atom stereocenters. The topological polar surface area (TPSA) is 28.1 Å². The monoisotopic (exact) mass is 273 g/mol. The van der Waals surface area contributed by atoms with Gasteiger partial charge in [0.2, 0.25) is 0 Å². The third-order valence-electron chi connectivity index (χ3n) is 4.06. The van der Waals surface area contributed by atoms with E-state index in [-0.39, 0.29) is 6.10 Å². The van der Waals surface area contributed by atoms with Crippen LogP contribution in [0.5, 0.6) is 0 Å². The summed E-state index contributed by atoms with van der Waals surface area (Å²) in [5, 5.41) is 4.16. The van der Waals surface area contributed by atoms with E-state index >= 15 is 0 Å². The standard InChI is InChI=1S/C16H23N3O/c1-13-3-5-16(6-4-13)19-9-7-18(8-10-19)12-15-11-14(2)20-17-15/h3-6,14H,7-12H2,1-2H3. The molecule has 1 aromatic carbocycles. The van der Waals surface area contributed by atoms with Crippen LogP contribution in [-0.4, -0.2) is 49.4 Å². The van der Waals surface area contributed by atoms with Gasteiger partial charge in [0.1, 0.15) is 6.10 Å². The van der Waals surface area contributed by atoms with E-state index in [1.807, 2.05) is 0 Å². The molecule has 4 nitrogen and oxygen atoms in total. The fourth-order valence-corrected chi connectivity index (χ4v) is 2.84. The van der Waals surface area contributed by atoms with Crippen LogP contribution < -0.4 is 4.90 Å². The minimum absolute atomic E-state index is 0.263. The summed E-state index contributed by atoms with van der Waals surface area (Å²) in [6.45, 7) is 9.55. The van der Waals surface area contributed by atoms with Gasteiger partial charge < -0.3 is 9.74 Å². The van der Waals surface area contributed by atoms with Gasteiger partial charge >= 0.3 is 0 Å². The second-order valence-electron chi connectivity index (χ2n) is 5.88. The molecule has 20 heavy (non-hydrogen) atoms. The molecule has 2 aliphatic heterocycles. The normalized spacial score (nSPS) is 23.6. The second-order valence-corrected chi connectivity index (χ2v) is 5.88. The van der Waals surface area contributed by atoms with Crippen molar-refractivity contribution in [2.24, 2.45) is 5.16 Å². The Bertz CT molecular complexity index is 475. The van der Waals surface area contributed by atoms with Crippen molar-refractivity contribution in [2.45, 2.75) is 26.4 Å². The van der Waals surface area contributed by atoms with Crippen molar-refractivity contribution in [1.82, 2.24) is 4.90 Å². The number of piperazine rings is 1. The zero-order valence-electron chi connectivity index (χ0n) is 12.4. The van der Waals surface area contributed by atoms with Crippen molar-refractivity contribution >= 4 is 11.4 Å². The maximum Gasteiger partial charge on any atom is 0.130 e. The average molecular weight is 273 g/mol. The smallest absolute Gasteiger partial charge is 0.130 e. The molecule has 0 radical (unpaired) electrons. The summed E-state index contributed by atoms with van der Waals surface area (Å²) < 4.78 is 0. The van der Waals surface area contributed by atoms with Gasteiger partial charge in [-0.25, -0.2) is 0 Å². The summed E-state index contributed by atoms with van der Waals surface area (Å²) in [5.41, 5.74) is 3.85. The first-order valence-electron chi connectivity index (χ1n) is 7.46. The van der Waals surface area contributed by atoms with Crippen molar-refractivity contribution in [1.29, 1.82) is 0 Å². The van der Waals surface area contributed by atoms with Gasteiger partial charge in [0, 0.05) is 44.8 Å². The molecule has 3 rings (SSSR count). The molecular weight excluding hydrogens is 250 g/mol. The number of rotatable bonds is 3. The van der Waals surface area contributed by atoms with E-state index in [0.29, 0.717) is 0 Å². The van der Waals surface area contributed by atoms with Gasteiger partial charge in [-0.05, 0) is 26.0 Å². The predicted molar refractivity (Wildman–Crippen MR) is 82.4 cm³/mol.